The number of carbonyl (C=O) groups excluding carboxylic acids is 4. The fourth-order valence-corrected chi connectivity index (χ4v) is 4.04. The van der Waals surface area contributed by atoms with Crippen LogP contribution < -0.4 is 0 Å². The molecule has 9 heteroatoms. The molecule has 0 saturated carbocycles. The van der Waals surface area contributed by atoms with E-state index in [1.54, 1.807) is 48.5 Å². The molecule has 0 aliphatic rings. The molecule has 3 rings (SSSR count). The highest BCUT2D eigenvalue weighted by Crippen LogP contribution is 2.42. The molecular formula is C28H26O9. The third kappa shape index (κ3) is 6.38. The van der Waals surface area contributed by atoms with E-state index in [2.05, 4.69) is 4.74 Å². The lowest BCUT2D eigenvalue weighted by Gasteiger charge is -2.34. The number of aliphatic carboxylic acids is 1. The number of hydrogen-bond donors (Lipinski definition) is 1. The van der Waals surface area contributed by atoms with Crippen LogP contribution in [0.2, 0.25) is 0 Å². The van der Waals surface area contributed by atoms with Gasteiger partial charge in [-0.25, -0.2) is 0 Å². The molecule has 1 N–H and O–H groups in total. The molecule has 0 fully saturated rings. The van der Waals surface area contributed by atoms with E-state index in [0.717, 1.165) is 24.6 Å². The van der Waals surface area contributed by atoms with Gasteiger partial charge in [0.25, 0.3) is 0 Å². The molecule has 0 radical (unpaired) electrons. The number of Topliss-reactive ketones (excluding diaryl/α,β-unsaturated/α-hetero) is 1. The van der Waals surface area contributed by atoms with Gasteiger partial charge in [-0.15, -0.1) is 0 Å². The Bertz CT molecular complexity index is 1320. The van der Waals surface area contributed by atoms with Crippen LogP contribution in [-0.2, 0) is 33.4 Å². The van der Waals surface area contributed by atoms with Crippen LogP contribution in [0, 0.1) is 5.41 Å². The van der Waals surface area contributed by atoms with Gasteiger partial charge in [0.05, 0.1) is 0 Å². The molecule has 3 aromatic rings. The lowest BCUT2D eigenvalue weighted by Crippen LogP contribution is -2.50. The van der Waals surface area contributed by atoms with E-state index in [1.165, 1.54) is 0 Å². The predicted molar refractivity (Wildman–Crippen MR) is 132 cm³/mol. The number of fused-ring (bicyclic) bond motifs is 1. The first-order valence-corrected chi connectivity index (χ1v) is 11.4. The lowest BCUT2D eigenvalue weighted by molar-refractivity contribution is -0.186. The van der Waals surface area contributed by atoms with E-state index < -0.39 is 60.8 Å². The van der Waals surface area contributed by atoms with Crippen LogP contribution in [0.15, 0.2) is 72.8 Å². The highest BCUT2D eigenvalue weighted by atomic mass is 16.7. The molecule has 0 bridgehead atoms. The predicted octanol–water partition coefficient (Wildman–Crippen LogP) is 3.89. The van der Waals surface area contributed by atoms with Crippen LogP contribution >= 0.6 is 0 Å². The Morgan fingerprint density at radius 3 is 2.03 bits per heavy atom. The Kier molecular flexibility index (Phi) is 8.73. The standard InChI is InChI=1S/C28H26O9/c1-18(29)35-16-28(26(32)33,27(34)37-17-36-19(2)30)24(21-9-4-3-5-10-21)15-25(31)23-13-12-20-8-6-7-11-22(20)14-23/h3-14,24H,15-17H2,1-2H3,(H,32,33). The van der Waals surface area contributed by atoms with Gasteiger partial charge in [0.1, 0.15) is 6.61 Å². The van der Waals surface area contributed by atoms with Crippen LogP contribution in [0.5, 0.6) is 0 Å². The number of esters is 3. The molecule has 37 heavy (non-hydrogen) atoms. The van der Waals surface area contributed by atoms with Gasteiger partial charge < -0.3 is 19.3 Å². The molecule has 192 valence electrons. The molecule has 2 unspecified atom stereocenters. The Balaban J connectivity index is 2.08. The summed E-state index contributed by atoms with van der Waals surface area (Å²) in [5, 5.41) is 12.1. The number of rotatable bonds is 11. The van der Waals surface area contributed by atoms with E-state index in [1.807, 2.05) is 24.3 Å². The summed E-state index contributed by atoms with van der Waals surface area (Å²) in [5.74, 6) is -6.29. The monoisotopic (exact) mass is 506 g/mol. The van der Waals surface area contributed by atoms with Crippen LogP contribution in [-0.4, -0.2) is 48.2 Å². The molecule has 0 saturated heterocycles. The zero-order valence-corrected chi connectivity index (χ0v) is 20.3. The summed E-state index contributed by atoms with van der Waals surface area (Å²) >= 11 is 0. The second kappa shape index (κ2) is 11.9. The largest absolute Gasteiger partial charge is 0.480 e. The Hall–Kier alpha value is -4.53. The van der Waals surface area contributed by atoms with Crippen LogP contribution in [0.25, 0.3) is 10.8 Å². The number of carbonyl (C=O) groups is 5. The second-order valence-corrected chi connectivity index (χ2v) is 8.39. The Morgan fingerprint density at radius 2 is 1.41 bits per heavy atom. The molecule has 0 aliphatic carbocycles. The first kappa shape index (κ1) is 27.1. The normalized spacial score (nSPS) is 13.1. The lowest BCUT2D eigenvalue weighted by atomic mass is 9.69. The van der Waals surface area contributed by atoms with Crippen LogP contribution in [0.1, 0.15) is 42.1 Å². The van der Waals surface area contributed by atoms with Crippen LogP contribution in [0.3, 0.4) is 0 Å². The van der Waals surface area contributed by atoms with Crippen molar-refractivity contribution in [3.05, 3.63) is 83.9 Å². The minimum atomic E-state index is -2.51. The number of benzene rings is 3. The summed E-state index contributed by atoms with van der Waals surface area (Å²) in [5.41, 5.74) is -1.85. The fraction of sp³-hybridized carbons (Fsp3) is 0.250. The SMILES string of the molecule is CC(=O)OCOC(=O)C(COC(C)=O)(C(=O)O)C(CC(=O)c1ccc2ccccc2c1)c1ccccc1. The average Bonchev–Trinajstić information content (AvgIpc) is 2.87. The zero-order valence-electron chi connectivity index (χ0n) is 20.3. The quantitative estimate of drug-likeness (QED) is 0.178. The third-order valence-corrected chi connectivity index (χ3v) is 5.96. The highest BCUT2D eigenvalue weighted by molar-refractivity contribution is 6.04. The first-order valence-electron chi connectivity index (χ1n) is 11.4. The van der Waals surface area contributed by atoms with Crippen molar-refractivity contribution in [3.8, 4) is 0 Å². The minimum Gasteiger partial charge on any atom is -0.480 e. The van der Waals surface area contributed by atoms with Gasteiger partial charge in [-0.2, -0.15) is 0 Å². The van der Waals surface area contributed by atoms with Gasteiger partial charge in [-0.1, -0.05) is 66.7 Å². The summed E-state index contributed by atoms with van der Waals surface area (Å²) in [6, 6.07) is 20.6. The maximum atomic E-state index is 13.5. The van der Waals surface area contributed by atoms with E-state index in [4.69, 9.17) is 9.47 Å². The van der Waals surface area contributed by atoms with Gasteiger partial charge in [0.2, 0.25) is 12.2 Å². The van der Waals surface area contributed by atoms with Gasteiger partial charge >= 0.3 is 23.9 Å². The topological polar surface area (TPSA) is 133 Å². The number of hydrogen-bond acceptors (Lipinski definition) is 8. The number of carboxylic acids is 1. The maximum Gasteiger partial charge on any atom is 0.330 e. The minimum absolute atomic E-state index is 0.319. The number of ketones is 1. The van der Waals surface area contributed by atoms with E-state index >= 15 is 0 Å². The third-order valence-electron chi connectivity index (χ3n) is 5.96. The smallest absolute Gasteiger partial charge is 0.330 e. The van der Waals surface area contributed by atoms with E-state index in [-0.39, 0.29) is 0 Å². The van der Waals surface area contributed by atoms with Gasteiger partial charge in [0, 0.05) is 31.7 Å². The van der Waals surface area contributed by atoms with Crippen molar-refractivity contribution in [2.24, 2.45) is 5.41 Å². The molecular weight excluding hydrogens is 480 g/mol. The van der Waals surface area contributed by atoms with Crippen molar-refractivity contribution in [2.75, 3.05) is 13.4 Å². The summed E-state index contributed by atoms with van der Waals surface area (Å²) in [4.78, 5) is 62.4. The Labute approximate surface area is 212 Å². The van der Waals surface area contributed by atoms with Crippen molar-refractivity contribution in [1.82, 2.24) is 0 Å². The van der Waals surface area contributed by atoms with Gasteiger partial charge in [-0.3, -0.25) is 24.0 Å². The van der Waals surface area contributed by atoms with Crippen LogP contribution in [0.4, 0.5) is 0 Å². The number of ether oxygens (including phenoxy) is 3. The Morgan fingerprint density at radius 1 is 0.784 bits per heavy atom. The summed E-state index contributed by atoms with van der Waals surface area (Å²) in [6.45, 7) is 0.408. The summed E-state index contributed by atoms with van der Waals surface area (Å²) in [7, 11) is 0. The van der Waals surface area contributed by atoms with Crippen molar-refractivity contribution >= 4 is 40.4 Å². The van der Waals surface area contributed by atoms with Crippen molar-refractivity contribution < 1.29 is 43.3 Å². The average molecular weight is 507 g/mol. The van der Waals surface area contributed by atoms with Gasteiger partial charge in [-0.05, 0) is 22.4 Å². The van der Waals surface area contributed by atoms with Crippen molar-refractivity contribution in [2.45, 2.75) is 26.2 Å². The van der Waals surface area contributed by atoms with Gasteiger partial charge in [0.15, 0.2) is 5.78 Å². The fourth-order valence-electron chi connectivity index (χ4n) is 4.04. The highest BCUT2D eigenvalue weighted by Gasteiger charge is 2.56. The molecule has 0 aliphatic heterocycles. The molecule has 0 spiro atoms. The second-order valence-electron chi connectivity index (χ2n) is 8.39. The summed E-state index contributed by atoms with van der Waals surface area (Å²) in [6.07, 6.45) is -0.418. The molecule has 9 nitrogen and oxygen atoms in total. The zero-order chi connectivity index (χ0) is 27.0. The molecule has 3 aromatic carbocycles. The van der Waals surface area contributed by atoms with E-state index in [9.17, 15) is 29.1 Å². The maximum absolute atomic E-state index is 13.5. The molecule has 0 heterocycles. The van der Waals surface area contributed by atoms with Crippen molar-refractivity contribution in [3.63, 3.8) is 0 Å². The molecule has 0 amide bonds. The molecule has 2 atom stereocenters. The number of carboxylic acid groups (broad SMARTS) is 1. The van der Waals surface area contributed by atoms with Crippen molar-refractivity contribution in [1.29, 1.82) is 0 Å². The molecule has 0 aromatic heterocycles. The first-order chi connectivity index (χ1) is 17.6. The summed E-state index contributed by atoms with van der Waals surface area (Å²) < 4.78 is 14.7. The van der Waals surface area contributed by atoms with E-state index in [0.29, 0.717) is 11.1 Å².